The van der Waals surface area contributed by atoms with Gasteiger partial charge in [-0.3, -0.25) is 4.79 Å². The van der Waals surface area contributed by atoms with E-state index in [9.17, 15) is 18.0 Å². The van der Waals surface area contributed by atoms with Crippen LogP contribution in [-0.2, 0) is 11.0 Å². The second-order valence-electron chi connectivity index (χ2n) is 6.46. The van der Waals surface area contributed by atoms with Gasteiger partial charge in [0.1, 0.15) is 5.03 Å². The fourth-order valence-corrected chi connectivity index (χ4v) is 3.33. The molecule has 0 saturated carbocycles. The second-order valence-corrected chi connectivity index (χ2v) is 7.45. The Morgan fingerprint density at radius 3 is 2.48 bits per heavy atom. The summed E-state index contributed by atoms with van der Waals surface area (Å²) in [5.74, 6) is -0.629. The summed E-state index contributed by atoms with van der Waals surface area (Å²) in [6.07, 6.45) is -4.54. The quantitative estimate of drug-likeness (QED) is 0.556. The Kier molecular flexibility index (Phi) is 6.22. The zero-order valence-corrected chi connectivity index (χ0v) is 16.6. The number of hydrogen-bond acceptors (Lipinski definition) is 4. The molecule has 4 nitrogen and oxygen atoms in total. The van der Waals surface area contributed by atoms with Gasteiger partial charge in [0.25, 0.3) is 0 Å². The Morgan fingerprint density at radius 2 is 1.79 bits per heavy atom. The summed E-state index contributed by atoms with van der Waals surface area (Å²) in [6.45, 7) is 3.98. The van der Waals surface area contributed by atoms with Crippen LogP contribution in [0.4, 0.5) is 18.9 Å². The van der Waals surface area contributed by atoms with Gasteiger partial charge >= 0.3 is 6.18 Å². The predicted molar refractivity (Wildman–Crippen MR) is 108 cm³/mol. The van der Waals surface area contributed by atoms with Gasteiger partial charge in [0, 0.05) is 5.56 Å². The van der Waals surface area contributed by atoms with Crippen molar-refractivity contribution in [3.05, 3.63) is 71.3 Å². The van der Waals surface area contributed by atoms with E-state index < -0.39 is 17.6 Å². The van der Waals surface area contributed by atoms with Crippen LogP contribution in [0.5, 0.6) is 0 Å². The van der Waals surface area contributed by atoms with Crippen LogP contribution in [-0.4, -0.2) is 21.9 Å². The van der Waals surface area contributed by atoms with Crippen LogP contribution in [0.15, 0.2) is 59.6 Å². The SMILES string of the molecule is Cc1ccc(C)c(-c2ccc(SCC(=O)Nc3ccccc3C(F)(F)F)nn2)c1. The Hall–Kier alpha value is -2.87. The van der Waals surface area contributed by atoms with E-state index in [1.54, 1.807) is 6.07 Å². The first-order valence-electron chi connectivity index (χ1n) is 8.74. The van der Waals surface area contributed by atoms with E-state index in [1.807, 2.05) is 38.1 Å². The molecule has 0 unspecified atom stereocenters. The van der Waals surface area contributed by atoms with Crippen molar-refractivity contribution in [3.63, 3.8) is 0 Å². The highest BCUT2D eigenvalue weighted by Gasteiger charge is 2.33. The summed E-state index contributed by atoms with van der Waals surface area (Å²) in [6, 6.07) is 14.5. The largest absolute Gasteiger partial charge is 0.418 e. The molecule has 0 spiro atoms. The van der Waals surface area contributed by atoms with E-state index in [-0.39, 0.29) is 11.4 Å². The maximum absolute atomic E-state index is 13.0. The van der Waals surface area contributed by atoms with Crippen molar-refractivity contribution in [1.29, 1.82) is 0 Å². The fraction of sp³-hybridized carbons (Fsp3) is 0.190. The van der Waals surface area contributed by atoms with Crippen LogP contribution in [0.25, 0.3) is 11.3 Å². The van der Waals surface area contributed by atoms with Crippen LogP contribution < -0.4 is 5.32 Å². The summed E-state index contributed by atoms with van der Waals surface area (Å²) in [5.41, 5.74) is 2.75. The maximum atomic E-state index is 13.0. The molecule has 0 saturated heterocycles. The van der Waals surface area contributed by atoms with Gasteiger partial charge in [0.15, 0.2) is 0 Å². The zero-order valence-electron chi connectivity index (χ0n) is 15.7. The number of nitrogens with one attached hydrogen (secondary N) is 1. The molecular formula is C21H18F3N3OS. The summed E-state index contributed by atoms with van der Waals surface area (Å²) >= 11 is 1.11. The van der Waals surface area contributed by atoms with E-state index in [0.29, 0.717) is 5.03 Å². The van der Waals surface area contributed by atoms with Gasteiger partial charge in [-0.2, -0.15) is 13.2 Å². The van der Waals surface area contributed by atoms with Gasteiger partial charge in [0.2, 0.25) is 5.91 Å². The van der Waals surface area contributed by atoms with Crippen LogP contribution >= 0.6 is 11.8 Å². The van der Waals surface area contributed by atoms with E-state index >= 15 is 0 Å². The average molecular weight is 417 g/mol. The molecule has 1 aromatic heterocycles. The standard InChI is InChI=1S/C21H18F3N3OS/c1-13-7-8-14(2)15(11-13)17-9-10-20(27-26-17)29-12-19(28)25-18-6-4-3-5-16(18)21(22,23)24/h3-11H,12H2,1-2H3,(H,25,28). The topological polar surface area (TPSA) is 54.9 Å². The smallest absolute Gasteiger partial charge is 0.325 e. The number of benzene rings is 2. The number of para-hydroxylation sites is 1. The molecule has 0 bridgehead atoms. The minimum absolute atomic E-state index is 0.0797. The lowest BCUT2D eigenvalue weighted by atomic mass is 10.0. The summed E-state index contributed by atoms with van der Waals surface area (Å²) in [7, 11) is 0. The first-order chi connectivity index (χ1) is 13.7. The summed E-state index contributed by atoms with van der Waals surface area (Å²) in [4.78, 5) is 12.1. The van der Waals surface area contributed by atoms with E-state index in [2.05, 4.69) is 15.5 Å². The van der Waals surface area contributed by atoms with Crippen molar-refractivity contribution in [2.75, 3.05) is 11.1 Å². The zero-order chi connectivity index (χ0) is 21.0. The van der Waals surface area contributed by atoms with Gasteiger partial charge < -0.3 is 5.32 Å². The summed E-state index contributed by atoms with van der Waals surface area (Å²) in [5, 5.41) is 11.1. The number of carbonyl (C=O) groups excluding carboxylic acids is 1. The van der Waals surface area contributed by atoms with Crippen molar-refractivity contribution in [3.8, 4) is 11.3 Å². The van der Waals surface area contributed by atoms with Gasteiger partial charge in [-0.05, 0) is 49.7 Å². The molecule has 0 aliphatic rings. The number of alkyl halides is 3. The van der Waals surface area contributed by atoms with E-state index in [1.165, 1.54) is 18.2 Å². The van der Waals surface area contributed by atoms with Crippen LogP contribution in [0.3, 0.4) is 0 Å². The minimum Gasteiger partial charge on any atom is -0.325 e. The molecule has 0 radical (unpaired) electrons. The Morgan fingerprint density at radius 1 is 1.03 bits per heavy atom. The normalized spacial score (nSPS) is 11.3. The highest BCUT2D eigenvalue weighted by molar-refractivity contribution is 7.99. The molecule has 0 aliphatic carbocycles. The second kappa shape index (κ2) is 8.65. The molecule has 0 aliphatic heterocycles. The third-order valence-corrected chi connectivity index (χ3v) is 5.09. The number of rotatable bonds is 5. The summed E-state index contributed by atoms with van der Waals surface area (Å²) < 4.78 is 39.0. The number of anilines is 1. The van der Waals surface area contributed by atoms with Gasteiger partial charge in [-0.15, -0.1) is 10.2 Å². The van der Waals surface area contributed by atoms with E-state index in [0.717, 1.165) is 40.2 Å². The van der Waals surface area contributed by atoms with Crippen molar-refractivity contribution in [2.45, 2.75) is 25.0 Å². The van der Waals surface area contributed by atoms with Gasteiger partial charge in [-0.25, -0.2) is 0 Å². The van der Waals surface area contributed by atoms with Crippen LogP contribution in [0.2, 0.25) is 0 Å². The predicted octanol–water partition coefficient (Wildman–Crippen LogP) is 5.51. The lowest BCUT2D eigenvalue weighted by Gasteiger charge is -2.13. The van der Waals surface area contributed by atoms with Crippen molar-refractivity contribution < 1.29 is 18.0 Å². The molecular weight excluding hydrogens is 399 g/mol. The van der Waals surface area contributed by atoms with Crippen LogP contribution in [0.1, 0.15) is 16.7 Å². The number of amides is 1. The Labute approximate surface area is 170 Å². The van der Waals surface area contributed by atoms with Crippen molar-refractivity contribution in [1.82, 2.24) is 10.2 Å². The van der Waals surface area contributed by atoms with Gasteiger partial charge in [-0.1, -0.05) is 41.6 Å². The molecule has 1 amide bonds. The van der Waals surface area contributed by atoms with Gasteiger partial charge in [0.05, 0.1) is 22.7 Å². The molecule has 3 aromatic rings. The molecule has 1 heterocycles. The molecule has 3 rings (SSSR count). The monoisotopic (exact) mass is 417 g/mol. The van der Waals surface area contributed by atoms with E-state index in [4.69, 9.17) is 0 Å². The average Bonchev–Trinajstić information content (AvgIpc) is 2.68. The number of halogens is 3. The third kappa shape index (κ3) is 5.35. The lowest BCUT2D eigenvalue weighted by molar-refractivity contribution is -0.137. The fourth-order valence-electron chi connectivity index (χ4n) is 2.72. The number of nitrogens with zero attached hydrogens (tertiary/aromatic N) is 2. The Balaban J connectivity index is 1.64. The number of thioether (sulfide) groups is 1. The van der Waals surface area contributed by atoms with Crippen LogP contribution in [0, 0.1) is 13.8 Å². The molecule has 2 aromatic carbocycles. The molecule has 0 fully saturated rings. The number of aryl methyl sites for hydroxylation is 2. The molecule has 29 heavy (non-hydrogen) atoms. The van der Waals surface area contributed by atoms with Crippen molar-refractivity contribution >= 4 is 23.4 Å². The first kappa shape index (κ1) is 20.9. The third-order valence-electron chi connectivity index (χ3n) is 4.17. The lowest BCUT2D eigenvalue weighted by Crippen LogP contribution is -2.18. The maximum Gasteiger partial charge on any atom is 0.418 e. The molecule has 150 valence electrons. The minimum atomic E-state index is -4.54. The molecule has 1 N–H and O–H groups in total. The highest BCUT2D eigenvalue weighted by atomic mass is 32.2. The highest BCUT2D eigenvalue weighted by Crippen LogP contribution is 2.34. The molecule has 8 heteroatoms. The molecule has 0 atom stereocenters. The van der Waals surface area contributed by atoms with Crippen molar-refractivity contribution in [2.24, 2.45) is 0 Å². The number of aromatic nitrogens is 2. The number of hydrogen-bond donors (Lipinski definition) is 1. The first-order valence-corrected chi connectivity index (χ1v) is 9.73. The number of carbonyl (C=O) groups is 1. The Bertz CT molecular complexity index is 1020.